The number of esters is 2. The second-order valence-electron chi connectivity index (χ2n) is 7.51. The van der Waals surface area contributed by atoms with Crippen molar-refractivity contribution in [3.05, 3.63) is 35.9 Å². The Morgan fingerprint density at radius 2 is 1.17 bits per heavy atom. The van der Waals surface area contributed by atoms with Gasteiger partial charge in [-0.3, -0.25) is 14.4 Å². The first kappa shape index (κ1) is 30.5. The Hall–Kier alpha value is -2.53. The normalized spacial score (nSPS) is 13.1. The lowest BCUT2D eigenvalue weighted by molar-refractivity contribution is -0.146. The molecule has 0 bridgehead atoms. The number of ketones is 1. The number of carbonyl (C=O) groups is 5. The zero-order valence-corrected chi connectivity index (χ0v) is 22.2. The van der Waals surface area contributed by atoms with Crippen molar-refractivity contribution in [1.29, 1.82) is 0 Å². The number of nitrogens with one attached hydrogen (secondary N) is 2. The topological polar surface area (TPSA) is 128 Å². The van der Waals surface area contributed by atoms with Crippen molar-refractivity contribution in [3.8, 4) is 0 Å². The number of hydrogen-bond acceptors (Lipinski definition) is 9. The summed E-state index contributed by atoms with van der Waals surface area (Å²) in [7, 11) is 0. The molecule has 0 saturated carbocycles. The molecule has 9 nitrogen and oxygen atoms in total. The molecule has 2 amide bonds. The van der Waals surface area contributed by atoms with Crippen LogP contribution in [0, 0.1) is 5.92 Å². The van der Waals surface area contributed by atoms with Gasteiger partial charge in [-0.15, -0.1) is 0 Å². The largest absolute Gasteiger partial charge is 0.464 e. The molecule has 0 spiro atoms. The minimum atomic E-state index is -0.814. The van der Waals surface area contributed by atoms with Crippen LogP contribution >= 0.6 is 23.5 Å². The summed E-state index contributed by atoms with van der Waals surface area (Å²) in [5.41, 5.74) is 0.561. The molecule has 35 heavy (non-hydrogen) atoms. The first-order valence-corrected chi connectivity index (χ1v) is 13.6. The second-order valence-corrected chi connectivity index (χ2v) is 9.66. The van der Waals surface area contributed by atoms with Gasteiger partial charge in [0.1, 0.15) is 12.1 Å². The molecule has 0 aromatic heterocycles. The summed E-state index contributed by atoms with van der Waals surface area (Å²) < 4.78 is 10.1. The average molecular weight is 527 g/mol. The third kappa shape index (κ3) is 12.1. The summed E-state index contributed by atoms with van der Waals surface area (Å²) in [5, 5.41) is 5.17. The van der Waals surface area contributed by atoms with Crippen LogP contribution in [0.15, 0.2) is 30.3 Å². The molecule has 0 radical (unpaired) electrons. The number of ether oxygens (including phenoxy) is 2. The SMILES string of the molecule is CCOC(=O)[C@H](CSCC(CSC[C@@H](NC(C)=O)C(=O)OCC)C(=O)c1ccccc1)NC(C)=O. The Bertz CT molecular complexity index is 808. The van der Waals surface area contributed by atoms with Crippen LogP contribution in [0.4, 0.5) is 0 Å². The third-order valence-electron chi connectivity index (χ3n) is 4.53. The van der Waals surface area contributed by atoms with E-state index in [0.29, 0.717) is 17.1 Å². The van der Waals surface area contributed by atoms with E-state index in [1.54, 1.807) is 38.1 Å². The van der Waals surface area contributed by atoms with Gasteiger partial charge in [0, 0.05) is 48.3 Å². The van der Waals surface area contributed by atoms with Crippen molar-refractivity contribution in [3.63, 3.8) is 0 Å². The number of Topliss-reactive ketones (excluding diaryl/α,β-unsaturated/α-hetero) is 1. The monoisotopic (exact) mass is 526 g/mol. The molecule has 0 aliphatic carbocycles. The van der Waals surface area contributed by atoms with Gasteiger partial charge in [0.2, 0.25) is 11.8 Å². The van der Waals surface area contributed by atoms with Crippen molar-refractivity contribution in [2.75, 3.05) is 36.2 Å². The minimum Gasteiger partial charge on any atom is -0.464 e. The van der Waals surface area contributed by atoms with Gasteiger partial charge < -0.3 is 20.1 Å². The Morgan fingerprint density at radius 3 is 1.54 bits per heavy atom. The molecule has 1 aromatic carbocycles. The highest BCUT2D eigenvalue weighted by atomic mass is 32.2. The number of rotatable bonds is 16. The molecule has 1 rings (SSSR count). The van der Waals surface area contributed by atoms with Crippen LogP contribution in [0.3, 0.4) is 0 Å². The molecule has 0 aliphatic rings. The number of benzene rings is 1. The molecule has 2 N–H and O–H groups in total. The molecule has 0 fully saturated rings. The zero-order valence-electron chi connectivity index (χ0n) is 20.5. The highest BCUT2D eigenvalue weighted by Crippen LogP contribution is 2.21. The van der Waals surface area contributed by atoms with Crippen molar-refractivity contribution < 1.29 is 33.4 Å². The van der Waals surface area contributed by atoms with Gasteiger partial charge in [-0.2, -0.15) is 23.5 Å². The van der Waals surface area contributed by atoms with E-state index >= 15 is 0 Å². The highest BCUT2D eigenvalue weighted by molar-refractivity contribution is 8.00. The van der Waals surface area contributed by atoms with Crippen LogP contribution in [0.1, 0.15) is 38.1 Å². The van der Waals surface area contributed by atoms with E-state index in [1.165, 1.54) is 37.4 Å². The molecular formula is C24H34N2O7S2. The summed E-state index contributed by atoms with van der Waals surface area (Å²) >= 11 is 2.72. The molecule has 1 aromatic rings. The van der Waals surface area contributed by atoms with Crippen molar-refractivity contribution >= 4 is 53.1 Å². The van der Waals surface area contributed by atoms with Gasteiger partial charge in [-0.1, -0.05) is 30.3 Å². The van der Waals surface area contributed by atoms with E-state index in [0.717, 1.165) is 0 Å². The van der Waals surface area contributed by atoms with Gasteiger partial charge in [0.25, 0.3) is 0 Å². The van der Waals surface area contributed by atoms with Crippen LogP contribution < -0.4 is 10.6 Å². The first-order chi connectivity index (χ1) is 16.7. The van der Waals surface area contributed by atoms with Crippen LogP contribution in [-0.4, -0.2) is 77.8 Å². The summed E-state index contributed by atoms with van der Waals surface area (Å²) in [4.78, 5) is 60.5. The molecule has 0 aliphatic heterocycles. The van der Waals surface area contributed by atoms with E-state index < -0.39 is 29.9 Å². The lowest BCUT2D eigenvalue weighted by Gasteiger charge is -2.20. The fourth-order valence-corrected chi connectivity index (χ4v) is 5.45. The fourth-order valence-electron chi connectivity index (χ4n) is 3.01. The molecule has 11 heteroatoms. The first-order valence-electron chi connectivity index (χ1n) is 11.3. The van der Waals surface area contributed by atoms with Crippen LogP contribution in [0.5, 0.6) is 0 Å². The Kier molecular flexibility index (Phi) is 14.8. The number of carbonyl (C=O) groups excluding carboxylic acids is 5. The third-order valence-corrected chi connectivity index (χ3v) is 6.95. The molecule has 1 unspecified atom stereocenters. The average Bonchev–Trinajstić information content (AvgIpc) is 2.81. The molecule has 194 valence electrons. The Morgan fingerprint density at radius 1 is 0.743 bits per heavy atom. The predicted octanol–water partition coefficient (Wildman–Crippen LogP) is 2.09. The molecule has 0 saturated heterocycles. The van der Waals surface area contributed by atoms with E-state index in [9.17, 15) is 24.0 Å². The van der Waals surface area contributed by atoms with Gasteiger partial charge in [0.15, 0.2) is 5.78 Å². The lowest BCUT2D eigenvalue weighted by atomic mass is 10.0. The van der Waals surface area contributed by atoms with Crippen LogP contribution in [0.25, 0.3) is 0 Å². The van der Waals surface area contributed by atoms with Gasteiger partial charge >= 0.3 is 11.9 Å². The molecule has 3 atom stereocenters. The number of hydrogen-bond donors (Lipinski definition) is 2. The van der Waals surface area contributed by atoms with Crippen LogP contribution in [-0.2, 0) is 28.7 Å². The number of amides is 2. The maximum absolute atomic E-state index is 13.2. The van der Waals surface area contributed by atoms with Gasteiger partial charge in [-0.25, -0.2) is 9.59 Å². The maximum atomic E-state index is 13.2. The quantitative estimate of drug-likeness (QED) is 0.246. The zero-order chi connectivity index (χ0) is 26.2. The fraction of sp³-hybridized carbons (Fsp3) is 0.542. The van der Waals surface area contributed by atoms with E-state index in [4.69, 9.17) is 9.47 Å². The lowest BCUT2D eigenvalue weighted by Crippen LogP contribution is -2.43. The standard InChI is InChI=1S/C24H34N2O7S2/c1-5-32-23(30)20(25-16(3)27)14-34-12-19(22(29)18-10-8-7-9-11-18)13-35-15-21(26-17(4)28)24(31)33-6-2/h7-11,19-21H,5-6,12-15H2,1-4H3,(H,25,27)(H,26,28)/t19?,20-,21+. The predicted molar refractivity (Wildman–Crippen MR) is 137 cm³/mol. The molecular weight excluding hydrogens is 492 g/mol. The van der Waals surface area contributed by atoms with E-state index in [-0.39, 0.29) is 42.3 Å². The highest BCUT2D eigenvalue weighted by Gasteiger charge is 2.26. The summed E-state index contributed by atoms with van der Waals surface area (Å²) in [5.74, 6) is -0.957. The number of thioether (sulfide) groups is 2. The van der Waals surface area contributed by atoms with E-state index in [2.05, 4.69) is 10.6 Å². The van der Waals surface area contributed by atoms with Crippen molar-refractivity contribution in [1.82, 2.24) is 10.6 Å². The summed E-state index contributed by atoms with van der Waals surface area (Å²) in [6, 6.07) is 7.24. The van der Waals surface area contributed by atoms with Gasteiger partial charge in [-0.05, 0) is 13.8 Å². The summed E-state index contributed by atoms with van der Waals surface area (Å²) in [6.45, 7) is 6.41. The van der Waals surface area contributed by atoms with Crippen molar-refractivity contribution in [2.45, 2.75) is 39.8 Å². The maximum Gasteiger partial charge on any atom is 0.329 e. The smallest absolute Gasteiger partial charge is 0.329 e. The van der Waals surface area contributed by atoms with E-state index in [1.807, 2.05) is 6.07 Å². The minimum absolute atomic E-state index is 0.0648. The Labute approximate surface area is 214 Å². The van der Waals surface area contributed by atoms with Crippen LogP contribution in [0.2, 0.25) is 0 Å². The summed E-state index contributed by atoms with van der Waals surface area (Å²) in [6.07, 6.45) is 0. The molecule has 0 heterocycles. The van der Waals surface area contributed by atoms with Crippen molar-refractivity contribution in [2.24, 2.45) is 5.92 Å². The Balaban J connectivity index is 2.86. The second kappa shape index (κ2) is 17.0. The van der Waals surface area contributed by atoms with Gasteiger partial charge in [0.05, 0.1) is 13.2 Å².